The molecule has 0 amide bonds. The number of ether oxygens (including phenoxy) is 3. The number of quaternary nitrogens is 3. The number of hydrogen-bond donors (Lipinski definition) is 0. The van der Waals surface area contributed by atoms with Crippen molar-refractivity contribution in [3.05, 3.63) is 0 Å². The molecule has 0 unspecified atom stereocenters. The maximum atomic E-state index is 12.5. The quantitative estimate of drug-likeness (QED) is 0.0451. The predicted octanol–water partition coefficient (Wildman–Crippen LogP) is 5.98. The standard InChI is InChI=1S/C36H74N3O6/c1-11-12-13-14-15-16-17-18-19-20-21-22-23-36(24-27-43-33(40)30-37(2,3)4,25-28-44-34(41)31-38(5,6)7)26-29-45-35(42)32-39(8,9)10/h11-32H2,1-10H3/q+3. The van der Waals surface area contributed by atoms with Crippen LogP contribution >= 0.6 is 0 Å². The van der Waals surface area contributed by atoms with E-state index >= 15 is 0 Å². The first kappa shape index (κ1) is 43.3. The van der Waals surface area contributed by atoms with E-state index in [1.165, 1.54) is 64.2 Å². The Morgan fingerprint density at radius 2 is 0.689 bits per heavy atom. The Balaban J connectivity index is 5.30. The molecular weight excluding hydrogens is 570 g/mol. The molecule has 45 heavy (non-hydrogen) atoms. The van der Waals surface area contributed by atoms with Crippen LogP contribution in [0, 0.1) is 5.41 Å². The first-order valence-electron chi connectivity index (χ1n) is 17.7. The van der Waals surface area contributed by atoms with E-state index in [4.69, 9.17) is 14.2 Å². The molecule has 0 aliphatic heterocycles. The lowest BCUT2D eigenvalue weighted by atomic mass is 9.74. The molecule has 0 atom stereocenters. The Morgan fingerprint density at radius 1 is 0.422 bits per heavy atom. The van der Waals surface area contributed by atoms with Crippen molar-refractivity contribution < 1.29 is 42.0 Å². The van der Waals surface area contributed by atoms with Crippen LogP contribution in [-0.2, 0) is 28.6 Å². The van der Waals surface area contributed by atoms with Gasteiger partial charge in [0.1, 0.15) is 0 Å². The molecule has 0 aromatic rings. The number of rotatable bonds is 28. The molecule has 9 nitrogen and oxygen atoms in total. The Labute approximate surface area is 277 Å². The zero-order valence-corrected chi connectivity index (χ0v) is 31.3. The van der Waals surface area contributed by atoms with Gasteiger partial charge in [0.25, 0.3) is 0 Å². The van der Waals surface area contributed by atoms with Gasteiger partial charge in [0.05, 0.1) is 83.2 Å². The third-order valence-corrected chi connectivity index (χ3v) is 8.06. The lowest BCUT2D eigenvalue weighted by Crippen LogP contribution is -2.41. The molecule has 0 saturated heterocycles. The third kappa shape index (κ3) is 28.3. The second-order valence-corrected chi connectivity index (χ2v) is 16.4. The Morgan fingerprint density at radius 3 is 0.956 bits per heavy atom. The fourth-order valence-corrected chi connectivity index (χ4v) is 5.53. The molecule has 0 N–H and O–H groups in total. The summed E-state index contributed by atoms with van der Waals surface area (Å²) in [7, 11) is 17.7. The van der Waals surface area contributed by atoms with E-state index in [2.05, 4.69) is 6.92 Å². The number of unbranched alkanes of at least 4 members (excludes halogenated alkanes) is 11. The summed E-state index contributed by atoms with van der Waals surface area (Å²) in [4.78, 5) is 37.5. The highest BCUT2D eigenvalue weighted by Gasteiger charge is 2.32. The molecule has 0 aliphatic rings. The molecular formula is C36H74N3O6+3. The van der Waals surface area contributed by atoms with Gasteiger partial charge in [0, 0.05) is 0 Å². The Kier molecular flexibility index (Phi) is 21.9. The molecule has 0 aromatic carbocycles. The van der Waals surface area contributed by atoms with Crippen molar-refractivity contribution in [1.29, 1.82) is 0 Å². The molecule has 0 saturated carbocycles. The molecule has 0 radical (unpaired) electrons. The van der Waals surface area contributed by atoms with Gasteiger partial charge in [-0.1, -0.05) is 84.0 Å². The Hall–Kier alpha value is -1.71. The predicted molar refractivity (Wildman–Crippen MR) is 184 cm³/mol. The lowest BCUT2D eigenvalue weighted by molar-refractivity contribution is -0.862. The van der Waals surface area contributed by atoms with E-state index in [0.29, 0.717) is 72.2 Å². The van der Waals surface area contributed by atoms with Crippen LogP contribution in [0.1, 0.15) is 110 Å². The second kappa shape index (κ2) is 22.8. The SMILES string of the molecule is CCCCCCCCCCCCCCC(CCOC(=O)C[N+](C)(C)C)(CCOC(=O)C[N+](C)(C)C)CCOC(=O)C[N+](C)(C)C. The van der Waals surface area contributed by atoms with Crippen LogP contribution in [-0.4, -0.2) is 134 Å². The molecule has 0 spiro atoms. The second-order valence-electron chi connectivity index (χ2n) is 16.4. The fraction of sp³-hybridized carbons (Fsp3) is 0.917. The van der Waals surface area contributed by atoms with Crippen LogP contribution < -0.4 is 0 Å². The maximum Gasteiger partial charge on any atom is 0.361 e. The summed E-state index contributed by atoms with van der Waals surface area (Å²) in [5, 5.41) is 0. The van der Waals surface area contributed by atoms with Gasteiger partial charge in [-0.15, -0.1) is 0 Å². The summed E-state index contributed by atoms with van der Waals surface area (Å²) in [6.07, 6.45) is 18.2. The number of carbonyl (C=O) groups is 3. The van der Waals surface area contributed by atoms with Gasteiger partial charge in [-0.05, 0) is 31.1 Å². The van der Waals surface area contributed by atoms with Crippen molar-refractivity contribution in [2.45, 2.75) is 110 Å². The molecule has 9 heteroatoms. The van der Waals surface area contributed by atoms with Crippen LogP contribution in [0.25, 0.3) is 0 Å². The average molecular weight is 645 g/mol. The van der Waals surface area contributed by atoms with Crippen LogP contribution in [0.2, 0.25) is 0 Å². The Bertz CT molecular complexity index is 727. The van der Waals surface area contributed by atoms with Crippen molar-refractivity contribution >= 4 is 17.9 Å². The van der Waals surface area contributed by atoms with Crippen molar-refractivity contribution in [1.82, 2.24) is 0 Å². The van der Waals surface area contributed by atoms with Gasteiger partial charge in [0.15, 0.2) is 19.6 Å². The maximum absolute atomic E-state index is 12.5. The van der Waals surface area contributed by atoms with Gasteiger partial charge >= 0.3 is 17.9 Å². The summed E-state index contributed by atoms with van der Waals surface area (Å²) < 4.78 is 18.6. The smallest absolute Gasteiger partial charge is 0.361 e. The number of likely N-dealkylation sites (N-methyl/N-ethyl adjacent to an activating group) is 3. The van der Waals surface area contributed by atoms with E-state index in [-0.39, 0.29) is 23.3 Å². The van der Waals surface area contributed by atoms with Crippen molar-refractivity contribution in [2.24, 2.45) is 5.41 Å². The van der Waals surface area contributed by atoms with Crippen LogP contribution in [0.3, 0.4) is 0 Å². The zero-order valence-electron chi connectivity index (χ0n) is 31.3. The number of nitrogens with zero attached hydrogens (tertiary/aromatic N) is 3. The fourth-order valence-electron chi connectivity index (χ4n) is 5.53. The van der Waals surface area contributed by atoms with Gasteiger partial charge in [-0.25, -0.2) is 14.4 Å². The highest BCUT2D eigenvalue weighted by atomic mass is 16.5. The normalized spacial score (nSPS) is 12.7. The number of esters is 3. The minimum atomic E-state index is -0.261. The van der Waals surface area contributed by atoms with Gasteiger partial charge in [-0.2, -0.15) is 0 Å². The van der Waals surface area contributed by atoms with E-state index in [1.807, 2.05) is 63.4 Å². The summed E-state index contributed by atoms with van der Waals surface area (Å²) >= 11 is 0. The molecule has 0 heterocycles. The van der Waals surface area contributed by atoms with Crippen LogP contribution in [0.4, 0.5) is 0 Å². The zero-order chi connectivity index (χ0) is 34.4. The molecule has 0 rings (SSSR count). The highest BCUT2D eigenvalue weighted by Crippen LogP contribution is 2.37. The van der Waals surface area contributed by atoms with E-state index in [0.717, 1.165) is 19.3 Å². The summed E-state index contributed by atoms with van der Waals surface area (Å²) in [5.74, 6) is -0.651. The van der Waals surface area contributed by atoms with Crippen molar-refractivity contribution in [3.63, 3.8) is 0 Å². The number of hydrogen-bond acceptors (Lipinski definition) is 6. The van der Waals surface area contributed by atoms with Gasteiger partial charge in [0.2, 0.25) is 0 Å². The lowest BCUT2D eigenvalue weighted by Gasteiger charge is -2.34. The van der Waals surface area contributed by atoms with Gasteiger partial charge < -0.3 is 27.7 Å². The number of carbonyl (C=O) groups excluding carboxylic acids is 3. The highest BCUT2D eigenvalue weighted by molar-refractivity contribution is 5.71. The minimum Gasteiger partial charge on any atom is -0.462 e. The largest absolute Gasteiger partial charge is 0.462 e. The summed E-state index contributed by atoms with van der Waals surface area (Å²) in [6.45, 7) is 4.08. The van der Waals surface area contributed by atoms with Crippen molar-refractivity contribution in [3.8, 4) is 0 Å². The van der Waals surface area contributed by atoms with Gasteiger partial charge in [-0.3, -0.25) is 0 Å². The van der Waals surface area contributed by atoms with Crippen LogP contribution in [0.15, 0.2) is 0 Å². The van der Waals surface area contributed by atoms with E-state index in [1.54, 1.807) is 0 Å². The topological polar surface area (TPSA) is 78.9 Å². The molecule has 266 valence electrons. The van der Waals surface area contributed by atoms with E-state index in [9.17, 15) is 14.4 Å². The third-order valence-electron chi connectivity index (χ3n) is 8.06. The molecule has 0 bridgehead atoms. The van der Waals surface area contributed by atoms with Crippen molar-refractivity contribution in [2.75, 3.05) is 103 Å². The summed E-state index contributed by atoms with van der Waals surface area (Å²) in [5.41, 5.74) is -0.261. The molecule has 0 fully saturated rings. The summed E-state index contributed by atoms with van der Waals surface area (Å²) in [6, 6.07) is 0. The minimum absolute atomic E-state index is 0.217. The monoisotopic (exact) mass is 645 g/mol. The molecule has 0 aliphatic carbocycles. The first-order chi connectivity index (χ1) is 20.9. The van der Waals surface area contributed by atoms with E-state index < -0.39 is 0 Å². The van der Waals surface area contributed by atoms with Crippen LogP contribution in [0.5, 0.6) is 0 Å². The first-order valence-corrected chi connectivity index (χ1v) is 17.7. The molecule has 0 aromatic heterocycles. The average Bonchev–Trinajstić information content (AvgIpc) is 2.86.